The van der Waals surface area contributed by atoms with E-state index in [-0.39, 0.29) is 0 Å². The molecule has 0 amide bonds. The van der Waals surface area contributed by atoms with Crippen LogP contribution < -0.4 is 4.74 Å². The van der Waals surface area contributed by atoms with E-state index in [2.05, 4.69) is 0 Å². The second-order valence-corrected chi connectivity index (χ2v) is 4.05. The van der Waals surface area contributed by atoms with E-state index in [1.807, 2.05) is 24.3 Å². The molecule has 0 bridgehead atoms. The second kappa shape index (κ2) is 8.91. The van der Waals surface area contributed by atoms with Gasteiger partial charge in [-0.05, 0) is 24.6 Å². The molecule has 18 heavy (non-hydrogen) atoms. The van der Waals surface area contributed by atoms with Crippen molar-refractivity contribution in [2.45, 2.75) is 19.4 Å². The van der Waals surface area contributed by atoms with Crippen molar-refractivity contribution < 1.29 is 19.3 Å². The maximum absolute atomic E-state index is 9.36. The fourth-order valence-electron chi connectivity index (χ4n) is 1.44. The molecule has 1 rings (SSSR count). The molecular formula is C14H22O4. The molecule has 4 nitrogen and oxygen atoms in total. The van der Waals surface area contributed by atoms with E-state index in [0.29, 0.717) is 26.4 Å². The van der Waals surface area contributed by atoms with Gasteiger partial charge in [0.05, 0.1) is 25.9 Å². The molecule has 102 valence electrons. The summed E-state index contributed by atoms with van der Waals surface area (Å²) >= 11 is 0. The van der Waals surface area contributed by atoms with Crippen molar-refractivity contribution in [2.24, 2.45) is 0 Å². The molecular weight excluding hydrogens is 232 g/mol. The first-order valence-corrected chi connectivity index (χ1v) is 6.21. The van der Waals surface area contributed by atoms with E-state index < -0.39 is 6.10 Å². The van der Waals surface area contributed by atoms with Gasteiger partial charge in [0.25, 0.3) is 0 Å². The van der Waals surface area contributed by atoms with Crippen molar-refractivity contribution in [1.82, 2.24) is 0 Å². The average Bonchev–Trinajstić information content (AvgIpc) is 2.38. The molecule has 1 atom stereocenters. The number of ether oxygens (including phenoxy) is 3. The van der Waals surface area contributed by atoms with Gasteiger partial charge >= 0.3 is 0 Å². The van der Waals surface area contributed by atoms with Gasteiger partial charge in [-0.3, -0.25) is 0 Å². The van der Waals surface area contributed by atoms with Gasteiger partial charge in [0.15, 0.2) is 0 Å². The Balaban J connectivity index is 2.12. The molecule has 1 N–H and O–H groups in total. The highest BCUT2D eigenvalue weighted by Gasteiger charge is 2.00. The van der Waals surface area contributed by atoms with Gasteiger partial charge in [0.2, 0.25) is 0 Å². The minimum atomic E-state index is -0.437. The number of hydrogen-bond donors (Lipinski definition) is 1. The van der Waals surface area contributed by atoms with Gasteiger partial charge in [-0.25, -0.2) is 0 Å². The lowest BCUT2D eigenvalue weighted by Gasteiger charge is -2.08. The van der Waals surface area contributed by atoms with Crippen molar-refractivity contribution in [2.75, 3.05) is 33.5 Å². The van der Waals surface area contributed by atoms with E-state index in [1.165, 1.54) is 0 Å². The van der Waals surface area contributed by atoms with E-state index in [4.69, 9.17) is 14.2 Å². The normalized spacial score (nSPS) is 12.4. The van der Waals surface area contributed by atoms with Crippen LogP contribution in [0.3, 0.4) is 0 Å². The third-order valence-electron chi connectivity index (χ3n) is 2.50. The molecule has 0 saturated heterocycles. The van der Waals surface area contributed by atoms with Crippen LogP contribution in [0.2, 0.25) is 0 Å². The van der Waals surface area contributed by atoms with Crippen LogP contribution in [0, 0.1) is 0 Å². The molecule has 0 heterocycles. The van der Waals surface area contributed by atoms with Crippen molar-refractivity contribution in [3.05, 3.63) is 29.8 Å². The topological polar surface area (TPSA) is 47.9 Å². The Labute approximate surface area is 108 Å². The molecule has 0 spiro atoms. The summed E-state index contributed by atoms with van der Waals surface area (Å²) in [6.45, 7) is 4.30. The molecule has 4 heteroatoms. The zero-order valence-corrected chi connectivity index (χ0v) is 11.1. The summed E-state index contributed by atoms with van der Waals surface area (Å²) in [5.74, 6) is 0.816. The minimum Gasteiger partial charge on any atom is -0.494 e. The standard InChI is InChI=1S/C14H22O4/c1-12(15)13-4-6-14(7-5-13)18-9-3-8-17-11-10-16-2/h4-7,12,15H,3,8-11H2,1-2H3/t12-/m1/s1. The number of hydrogen-bond acceptors (Lipinski definition) is 4. The monoisotopic (exact) mass is 254 g/mol. The first kappa shape index (κ1) is 15.0. The number of rotatable bonds is 9. The van der Waals surface area contributed by atoms with Crippen LogP contribution >= 0.6 is 0 Å². The smallest absolute Gasteiger partial charge is 0.119 e. The molecule has 0 aliphatic carbocycles. The van der Waals surface area contributed by atoms with Crippen molar-refractivity contribution in [3.63, 3.8) is 0 Å². The summed E-state index contributed by atoms with van der Waals surface area (Å²) in [5.41, 5.74) is 0.894. The first-order valence-electron chi connectivity index (χ1n) is 6.21. The number of aliphatic hydroxyl groups excluding tert-OH is 1. The van der Waals surface area contributed by atoms with Crippen LogP contribution in [0.4, 0.5) is 0 Å². The van der Waals surface area contributed by atoms with E-state index in [0.717, 1.165) is 17.7 Å². The third kappa shape index (κ3) is 6.00. The highest BCUT2D eigenvalue weighted by molar-refractivity contribution is 5.28. The molecule has 1 aromatic carbocycles. The Hall–Kier alpha value is -1.10. The van der Waals surface area contributed by atoms with Gasteiger partial charge in [0, 0.05) is 20.1 Å². The zero-order chi connectivity index (χ0) is 13.2. The quantitative estimate of drug-likeness (QED) is 0.686. The summed E-state index contributed by atoms with van der Waals surface area (Å²) < 4.78 is 15.8. The summed E-state index contributed by atoms with van der Waals surface area (Å²) in [5, 5.41) is 9.36. The lowest BCUT2D eigenvalue weighted by Crippen LogP contribution is -2.06. The molecule has 0 unspecified atom stereocenters. The third-order valence-corrected chi connectivity index (χ3v) is 2.50. The lowest BCUT2D eigenvalue weighted by molar-refractivity contribution is 0.0644. The summed E-state index contributed by atoms with van der Waals surface area (Å²) in [6, 6.07) is 7.48. The first-order chi connectivity index (χ1) is 8.74. The average molecular weight is 254 g/mol. The largest absolute Gasteiger partial charge is 0.494 e. The van der Waals surface area contributed by atoms with Crippen LogP contribution in [0.1, 0.15) is 25.0 Å². The van der Waals surface area contributed by atoms with Crippen LogP contribution in [-0.4, -0.2) is 38.6 Å². The maximum Gasteiger partial charge on any atom is 0.119 e. The van der Waals surface area contributed by atoms with Crippen LogP contribution in [0.15, 0.2) is 24.3 Å². The molecule has 0 radical (unpaired) electrons. The number of benzene rings is 1. The fraction of sp³-hybridized carbons (Fsp3) is 0.571. The van der Waals surface area contributed by atoms with E-state index in [1.54, 1.807) is 14.0 Å². The molecule has 0 aliphatic heterocycles. The van der Waals surface area contributed by atoms with Gasteiger partial charge in [-0.2, -0.15) is 0 Å². The van der Waals surface area contributed by atoms with Crippen molar-refractivity contribution in [1.29, 1.82) is 0 Å². The Morgan fingerprint density at radius 1 is 1.06 bits per heavy atom. The number of aliphatic hydroxyl groups is 1. The second-order valence-electron chi connectivity index (χ2n) is 4.05. The van der Waals surface area contributed by atoms with Gasteiger partial charge in [-0.1, -0.05) is 12.1 Å². The van der Waals surface area contributed by atoms with E-state index in [9.17, 15) is 5.11 Å². The Kier molecular flexibility index (Phi) is 7.41. The van der Waals surface area contributed by atoms with Crippen LogP contribution in [-0.2, 0) is 9.47 Å². The van der Waals surface area contributed by atoms with Crippen molar-refractivity contribution in [3.8, 4) is 5.75 Å². The molecule has 1 aromatic rings. The molecule has 0 aromatic heterocycles. The van der Waals surface area contributed by atoms with Gasteiger partial charge in [-0.15, -0.1) is 0 Å². The lowest BCUT2D eigenvalue weighted by atomic mass is 10.1. The molecule has 0 aliphatic rings. The fourth-order valence-corrected chi connectivity index (χ4v) is 1.44. The summed E-state index contributed by atoms with van der Waals surface area (Å²) in [6.07, 6.45) is 0.412. The highest BCUT2D eigenvalue weighted by Crippen LogP contribution is 2.17. The predicted octanol–water partition coefficient (Wildman–Crippen LogP) is 2.17. The minimum absolute atomic E-state index is 0.437. The van der Waals surface area contributed by atoms with Crippen LogP contribution in [0.25, 0.3) is 0 Å². The van der Waals surface area contributed by atoms with Gasteiger partial charge in [0.1, 0.15) is 5.75 Å². The predicted molar refractivity (Wildman–Crippen MR) is 69.9 cm³/mol. The Bertz CT molecular complexity index is 308. The summed E-state index contributed by atoms with van der Waals surface area (Å²) in [4.78, 5) is 0. The van der Waals surface area contributed by atoms with Crippen molar-refractivity contribution >= 4 is 0 Å². The Morgan fingerprint density at radius 3 is 2.39 bits per heavy atom. The van der Waals surface area contributed by atoms with E-state index >= 15 is 0 Å². The Morgan fingerprint density at radius 2 is 1.78 bits per heavy atom. The number of methoxy groups -OCH3 is 1. The molecule has 0 saturated carbocycles. The molecule has 0 fully saturated rings. The zero-order valence-electron chi connectivity index (χ0n) is 11.1. The summed E-state index contributed by atoms with van der Waals surface area (Å²) in [7, 11) is 1.66. The SMILES string of the molecule is COCCOCCCOc1ccc([C@@H](C)O)cc1. The van der Waals surface area contributed by atoms with Crippen LogP contribution in [0.5, 0.6) is 5.75 Å². The van der Waals surface area contributed by atoms with Gasteiger partial charge < -0.3 is 19.3 Å². The highest BCUT2D eigenvalue weighted by atomic mass is 16.5. The maximum atomic E-state index is 9.36.